The highest BCUT2D eigenvalue weighted by molar-refractivity contribution is 5.88. The van der Waals surface area contributed by atoms with Gasteiger partial charge >= 0.3 is 6.03 Å². The zero-order valence-electron chi connectivity index (χ0n) is 10.4. The first kappa shape index (κ1) is 11.9. The fourth-order valence-corrected chi connectivity index (χ4v) is 2.12. The molecule has 1 N–H and O–H groups in total. The molecule has 17 heavy (non-hydrogen) atoms. The Labute approximate surface area is 102 Å². The molecule has 1 fully saturated rings. The summed E-state index contributed by atoms with van der Waals surface area (Å²) in [5, 5.41) is 2.84. The number of hydrogen-bond donors (Lipinski definition) is 1. The maximum atomic E-state index is 12.0. The van der Waals surface area contributed by atoms with Gasteiger partial charge in [-0.3, -0.25) is 5.32 Å². The highest BCUT2D eigenvalue weighted by Gasteiger charge is 2.25. The summed E-state index contributed by atoms with van der Waals surface area (Å²) in [5.74, 6) is 0.631. The van der Waals surface area contributed by atoms with Crippen LogP contribution in [0.2, 0.25) is 0 Å². The minimum Gasteiger partial charge on any atom is -0.322 e. The molecule has 2 rings (SSSR count). The first-order chi connectivity index (χ1) is 8.20. The third kappa shape index (κ3) is 2.75. The van der Waals surface area contributed by atoms with Crippen LogP contribution in [0, 0.1) is 0 Å². The number of carbonyl (C=O) groups excluding carboxylic acids is 1. The van der Waals surface area contributed by atoms with E-state index in [2.05, 4.69) is 24.1 Å². The van der Waals surface area contributed by atoms with Crippen molar-refractivity contribution in [3.05, 3.63) is 23.9 Å². The molecule has 1 aliphatic rings. The Morgan fingerprint density at radius 1 is 1.59 bits per heavy atom. The first-order valence-electron chi connectivity index (χ1n) is 6.23. The lowest BCUT2D eigenvalue weighted by atomic mass is 10.2. The molecule has 92 valence electrons. The van der Waals surface area contributed by atoms with E-state index in [0.717, 1.165) is 25.8 Å². The highest BCUT2D eigenvalue weighted by atomic mass is 16.2. The predicted molar refractivity (Wildman–Crippen MR) is 68.0 cm³/mol. The number of amides is 2. The van der Waals surface area contributed by atoms with Gasteiger partial charge in [0.05, 0.1) is 0 Å². The molecule has 1 unspecified atom stereocenters. The van der Waals surface area contributed by atoms with Gasteiger partial charge in [-0.25, -0.2) is 9.78 Å². The second kappa shape index (κ2) is 5.17. The summed E-state index contributed by atoms with van der Waals surface area (Å²) < 4.78 is 0. The Hall–Kier alpha value is -1.58. The summed E-state index contributed by atoms with van der Waals surface area (Å²) in [6.07, 6.45) is 4.96. The van der Waals surface area contributed by atoms with Gasteiger partial charge in [0.25, 0.3) is 0 Å². The van der Waals surface area contributed by atoms with Gasteiger partial charge in [-0.15, -0.1) is 0 Å². The van der Waals surface area contributed by atoms with E-state index in [1.807, 2.05) is 23.2 Å². The van der Waals surface area contributed by atoms with Crippen LogP contribution in [0.15, 0.2) is 18.3 Å². The fraction of sp³-hybridized carbons (Fsp3) is 0.538. The summed E-state index contributed by atoms with van der Waals surface area (Å²) in [6, 6.07) is 4.16. The predicted octanol–water partition coefficient (Wildman–Crippen LogP) is 2.66. The van der Waals surface area contributed by atoms with Gasteiger partial charge in [0.1, 0.15) is 5.82 Å². The number of aryl methyl sites for hydroxylation is 1. The fourth-order valence-electron chi connectivity index (χ4n) is 2.12. The van der Waals surface area contributed by atoms with Crippen molar-refractivity contribution in [3.8, 4) is 0 Å². The Bertz CT molecular complexity index is 388. The number of anilines is 1. The van der Waals surface area contributed by atoms with E-state index in [4.69, 9.17) is 0 Å². The van der Waals surface area contributed by atoms with Gasteiger partial charge in [-0.1, -0.05) is 13.0 Å². The molecule has 2 amide bonds. The van der Waals surface area contributed by atoms with Crippen molar-refractivity contribution in [1.29, 1.82) is 0 Å². The van der Waals surface area contributed by atoms with Crippen LogP contribution in [0.3, 0.4) is 0 Å². The molecule has 0 bridgehead atoms. The van der Waals surface area contributed by atoms with Crippen LogP contribution in [0.5, 0.6) is 0 Å². The topological polar surface area (TPSA) is 45.2 Å². The van der Waals surface area contributed by atoms with E-state index in [1.54, 1.807) is 0 Å². The first-order valence-corrected chi connectivity index (χ1v) is 6.23. The standard InChI is InChI=1S/C13H19N3O/c1-3-11-6-7-12(14-9-11)15-13(17)16-8-4-5-10(16)2/h6-7,9-10H,3-5,8H2,1-2H3,(H,14,15,17). The summed E-state index contributed by atoms with van der Waals surface area (Å²) in [7, 11) is 0. The lowest BCUT2D eigenvalue weighted by Gasteiger charge is -2.21. The van der Waals surface area contributed by atoms with Crippen LogP contribution < -0.4 is 5.32 Å². The smallest absolute Gasteiger partial charge is 0.322 e. The average molecular weight is 233 g/mol. The van der Waals surface area contributed by atoms with Gasteiger partial charge in [-0.05, 0) is 37.8 Å². The van der Waals surface area contributed by atoms with E-state index in [-0.39, 0.29) is 6.03 Å². The van der Waals surface area contributed by atoms with Gasteiger partial charge in [0, 0.05) is 18.8 Å². The average Bonchev–Trinajstić information content (AvgIpc) is 2.76. The second-order valence-corrected chi connectivity index (χ2v) is 4.52. The van der Waals surface area contributed by atoms with Crippen LogP contribution in [0.4, 0.5) is 10.6 Å². The number of likely N-dealkylation sites (tertiary alicyclic amines) is 1. The summed E-state index contributed by atoms with van der Waals surface area (Å²) >= 11 is 0. The van der Waals surface area contributed by atoms with Crippen molar-refractivity contribution in [2.24, 2.45) is 0 Å². The number of pyridine rings is 1. The van der Waals surface area contributed by atoms with Gasteiger partial charge in [0.2, 0.25) is 0 Å². The van der Waals surface area contributed by atoms with Crippen molar-refractivity contribution in [2.75, 3.05) is 11.9 Å². The summed E-state index contributed by atoms with van der Waals surface area (Å²) in [5.41, 5.74) is 1.18. The summed E-state index contributed by atoms with van der Waals surface area (Å²) in [4.78, 5) is 18.1. The Kier molecular flexibility index (Phi) is 3.61. The Balaban J connectivity index is 1.97. The maximum absolute atomic E-state index is 12.0. The number of carbonyl (C=O) groups is 1. The molecule has 1 aromatic rings. The lowest BCUT2D eigenvalue weighted by Crippen LogP contribution is -2.37. The molecule has 0 saturated carbocycles. The van der Waals surface area contributed by atoms with E-state index in [0.29, 0.717) is 11.9 Å². The van der Waals surface area contributed by atoms with Gasteiger partial charge < -0.3 is 4.90 Å². The quantitative estimate of drug-likeness (QED) is 0.853. The van der Waals surface area contributed by atoms with Crippen molar-refractivity contribution in [3.63, 3.8) is 0 Å². The third-order valence-corrected chi connectivity index (χ3v) is 3.28. The monoisotopic (exact) mass is 233 g/mol. The maximum Gasteiger partial charge on any atom is 0.323 e. The van der Waals surface area contributed by atoms with Crippen molar-refractivity contribution in [2.45, 2.75) is 39.2 Å². The van der Waals surface area contributed by atoms with Crippen LogP contribution in [-0.2, 0) is 6.42 Å². The van der Waals surface area contributed by atoms with Crippen molar-refractivity contribution in [1.82, 2.24) is 9.88 Å². The molecular formula is C13H19N3O. The van der Waals surface area contributed by atoms with Crippen LogP contribution in [0.25, 0.3) is 0 Å². The number of nitrogens with zero attached hydrogens (tertiary/aromatic N) is 2. The number of hydrogen-bond acceptors (Lipinski definition) is 2. The van der Waals surface area contributed by atoms with E-state index < -0.39 is 0 Å². The van der Waals surface area contributed by atoms with Gasteiger partial charge in [0.15, 0.2) is 0 Å². The minimum atomic E-state index is -0.0354. The molecule has 0 aromatic carbocycles. The number of urea groups is 1. The highest BCUT2D eigenvalue weighted by Crippen LogP contribution is 2.17. The van der Waals surface area contributed by atoms with Gasteiger partial charge in [-0.2, -0.15) is 0 Å². The van der Waals surface area contributed by atoms with Crippen LogP contribution in [-0.4, -0.2) is 28.5 Å². The normalized spacial score (nSPS) is 19.4. The van der Waals surface area contributed by atoms with Crippen molar-refractivity contribution < 1.29 is 4.79 Å². The molecule has 1 saturated heterocycles. The second-order valence-electron chi connectivity index (χ2n) is 4.52. The van der Waals surface area contributed by atoms with Crippen LogP contribution >= 0.6 is 0 Å². The SMILES string of the molecule is CCc1ccc(NC(=O)N2CCCC2C)nc1. The molecular weight excluding hydrogens is 214 g/mol. The van der Waals surface area contributed by atoms with E-state index in [1.165, 1.54) is 5.56 Å². The molecule has 1 aromatic heterocycles. The molecule has 4 nitrogen and oxygen atoms in total. The molecule has 2 heterocycles. The largest absolute Gasteiger partial charge is 0.323 e. The molecule has 0 aliphatic carbocycles. The molecule has 0 radical (unpaired) electrons. The zero-order chi connectivity index (χ0) is 12.3. The molecule has 1 atom stereocenters. The Morgan fingerprint density at radius 2 is 2.41 bits per heavy atom. The number of rotatable bonds is 2. The molecule has 0 spiro atoms. The molecule has 4 heteroatoms. The lowest BCUT2D eigenvalue weighted by molar-refractivity contribution is 0.210. The number of aromatic nitrogens is 1. The van der Waals surface area contributed by atoms with E-state index >= 15 is 0 Å². The molecule has 1 aliphatic heterocycles. The Morgan fingerprint density at radius 3 is 2.94 bits per heavy atom. The number of nitrogens with one attached hydrogen (secondary N) is 1. The van der Waals surface area contributed by atoms with Crippen molar-refractivity contribution >= 4 is 11.8 Å². The van der Waals surface area contributed by atoms with E-state index in [9.17, 15) is 4.79 Å². The third-order valence-electron chi connectivity index (χ3n) is 3.28. The van der Waals surface area contributed by atoms with Crippen LogP contribution in [0.1, 0.15) is 32.3 Å². The zero-order valence-corrected chi connectivity index (χ0v) is 10.4. The summed E-state index contributed by atoms with van der Waals surface area (Å²) in [6.45, 7) is 5.02. The minimum absolute atomic E-state index is 0.0354.